The summed E-state index contributed by atoms with van der Waals surface area (Å²) in [5.74, 6) is 2.63. The van der Waals surface area contributed by atoms with Crippen LogP contribution in [-0.2, 0) is 11.2 Å². The predicted molar refractivity (Wildman–Crippen MR) is 139 cm³/mol. The summed E-state index contributed by atoms with van der Waals surface area (Å²) >= 11 is 3.70. The Morgan fingerprint density at radius 2 is 2.07 bits per heavy atom. The van der Waals surface area contributed by atoms with Crippen LogP contribution >= 0.6 is 47.1 Å². The van der Waals surface area contributed by atoms with Crippen LogP contribution in [0.25, 0.3) is 0 Å². The standard InChI is InChI=1S/C22H30N4OS2.HI/c1-25(2)21(27)15-24-22(23-12-10-20-9-6-14-28-20)26-13-11-18(16-26)17-29-19-7-4-3-5-8-19;/h3-9,14,18H,10-13,15-17H2,1-2H3,(H,23,24);1H. The Bertz CT molecular complexity index is 784. The van der Waals surface area contributed by atoms with Crippen molar-refractivity contribution < 1.29 is 4.79 Å². The van der Waals surface area contributed by atoms with E-state index in [1.807, 2.05) is 11.8 Å². The summed E-state index contributed by atoms with van der Waals surface area (Å²) in [5.41, 5.74) is 0. The highest BCUT2D eigenvalue weighted by atomic mass is 127. The second-order valence-electron chi connectivity index (χ2n) is 7.41. The average Bonchev–Trinajstić information content (AvgIpc) is 3.41. The molecule has 1 N–H and O–H groups in total. The number of carbonyl (C=O) groups excluding carboxylic acids is 1. The number of aliphatic imine (C=N–C) groups is 1. The van der Waals surface area contributed by atoms with Gasteiger partial charge in [-0.25, -0.2) is 4.99 Å². The van der Waals surface area contributed by atoms with Gasteiger partial charge in [-0.1, -0.05) is 24.3 Å². The van der Waals surface area contributed by atoms with E-state index < -0.39 is 0 Å². The number of rotatable bonds is 8. The number of likely N-dealkylation sites (tertiary alicyclic amines) is 1. The number of amides is 1. The zero-order valence-corrected chi connectivity index (χ0v) is 21.6. The van der Waals surface area contributed by atoms with E-state index in [0.29, 0.717) is 5.92 Å². The van der Waals surface area contributed by atoms with Crippen molar-refractivity contribution in [3.05, 3.63) is 52.7 Å². The number of halogens is 1. The first-order valence-corrected chi connectivity index (χ1v) is 11.9. The van der Waals surface area contributed by atoms with E-state index in [4.69, 9.17) is 0 Å². The molecule has 8 heteroatoms. The Morgan fingerprint density at radius 1 is 1.27 bits per heavy atom. The van der Waals surface area contributed by atoms with Crippen LogP contribution in [0.3, 0.4) is 0 Å². The fourth-order valence-electron chi connectivity index (χ4n) is 3.20. The van der Waals surface area contributed by atoms with Gasteiger partial charge in [-0.05, 0) is 42.3 Å². The van der Waals surface area contributed by atoms with Crippen molar-refractivity contribution >= 4 is 58.9 Å². The molecule has 2 aromatic rings. The minimum Gasteiger partial charge on any atom is -0.356 e. The number of nitrogens with one attached hydrogen (secondary N) is 1. The van der Waals surface area contributed by atoms with Crippen LogP contribution in [0.1, 0.15) is 11.3 Å². The molecule has 164 valence electrons. The molecule has 1 amide bonds. The van der Waals surface area contributed by atoms with Gasteiger partial charge < -0.3 is 15.1 Å². The third kappa shape index (κ3) is 8.11. The lowest BCUT2D eigenvalue weighted by atomic mass is 10.2. The topological polar surface area (TPSA) is 47.9 Å². The summed E-state index contributed by atoms with van der Waals surface area (Å²) in [6.45, 7) is 2.99. The highest BCUT2D eigenvalue weighted by Crippen LogP contribution is 2.25. The van der Waals surface area contributed by atoms with Crippen LogP contribution in [0.5, 0.6) is 0 Å². The van der Waals surface area contributed by atoms with Crippen LogP contribution in [-0.4, -0.2) is 67.7 Å². The molecule has 1 aromatic heterocycles. The monoisotopic (exact) mass is 558 g/mol. The molecular weight excluding hydrogens is 527 g/mol. The SMILES string of the molecule is CN(C)C(=O)CN=C(NCCc1cccs1)N1CCC(CSc2ccccc2)C1.I. The molecule has 1 aliphatic rings. The van der Waals surface area contributed by atoms with E-state index in [-0.39, 0.29) is 36.4 Å². The second kappa shape index (κ2) is 13.2. The van der Waals surface area contributed by atoms with Gasteiger partial charge in [0.15, 0.2) is 5.96 Å². The first-order valence-electron chi connectivity index (χ1n) is 10.1. The molecule has 0 bridgehead atoms. The lowest BCUT2D eigenvalue weighted by Gasteiger charge is -2.22. The quantitative estimate of drug-likeness (QED) is 0.230. The van der Waals surface area contributed by atoms with Gasteiger partial charge in [0.2, 0.25) is 5.91 Å². The van der Waals surface area contributed by atoms with Gasteiger partial charge >= 0.3 is 0 Å². The molecule has 5 nitrogen and oxygen atoms in total. The molecule has 1 fully saturated rings. The Balaban J connectivity index is 0.00000320. The summed E-state index contributed by atoms with van der Waals surface area (Å²) in [6.07, 6.45) is 2.13. The largest absolute Gasteiger partial charge is 0.356 e. The van der Waals surface area contributed by atoms with Gasteiger partial charge in [0.05, 0.1) is 0 Å². The molecule has 0 radical (unpaired) electrons. The molecule has 3 rings (SSSR count). The third-order valence-electron chi connectivity index (χ3n) is 4.91. The first kappa shape index (κ1) is 25.0. The lowest BCUT2D eigenvalue weighted by molar-refractivity contribution is -0.127. The maximum atomic E-state index is 12.0. The van der Waals surface area contributed by atoms with Crippen molar-refractivity contribution in [1.29, 1.82) is 0 Å². The fraction of sp³-hybridized carbons (Fsp3) is 0.455. The Labute approximate surface area is 205 Å². The van der Waals surface area contributed by atoms with Crippen LogP contribution in [0.2, 0.25) is 0 Å². The molecule has 1 unspecified atom stereocenters. The number of benzene rings is 1. The summed E-state index contributed by atoms with van der Waals surface area (Å²) in [5, 5.41) is 5.60. The molecule has 1 atom stereocenters. The van der Waals surface area contributed by atoms with Gasteiger partial charge in [-0.15, -0.1) is 47.1 Å². The van der Waals surface area contributed by atoms with E-state index in [9.17, 15) is 4.79 Å². The van der Waals surface area contributed by atoms with E-state index in [2.05, 4.69) is 63.1 Å². The van der Waals surface area contributed by atoms with Gasteiger partial charge in [-0.2, -0.15) is 0 Å². The van der Waals surface area contributed by atoms with Crippen molar-refractivity contribution in [2.24, 2.45) is 10.9 Å². The van der Waals surface area contributed by atoms with Crippen LogP contribution in [0.4, 0.5) is 0 Å². The molecule has 0 spiro atoms. The van der Waals surface area contributed by atoms with E-state index in [0.717, 1.165) is 44.2 Å². The molecular formula is C22H31IN4OS2. The van der Waals surface area contributed by atoms with Gasteiger partial charge in [0.1, 0.15) is 6.54 Å². The van der Waals surface area contributed by atoms with Gasteiger partial charge in [0, 0.05) is 49.3 Å². The summed E-state index contributed by atoms with van der Waals surface area (Å²) in [4.78, 5) is 23.2. The van der Waals surface area contributed by atoms with E-state index in [1.54, 1.807) is 30.3 Å². The Morgan fingerprint density at radius 3 is 2.77 bits per heavy atom. The second-order valence-corrected chi connectivity index (χ2v) is 9.53. The maximum Gasteiger partial charge on any atom is 0.243 e. The molecule has 1 aromatic carbocycles. The first-order chi connectivity index (χ1) is 14.1. The molecule has 1 aliphatic heterocycles. The van der Waals surface area contributed by atoms with Crippen LogP contribution in [0, 0.1) is 5.92 Å². The number of hydrogen-bond donors (Lipinski definition) is 1. The number of thioether (sulfide) groups is 1. The molecule has 2 heterocycles. The zero-order valence-electron chi connectivity index (χ0n) is 17.6. The number of hydrogen-bond acceptors (Lipinski definition) is 4. The molecule has 1 saturated heterocycles. The highest BCUT2D eigenvalue weighted by molar-refractivity contribution is 14.0. The fourth-order valence-corrected chi connectivity index (χ4v) is 4.95. The Hall–Kier alpha value is -1.26. The number of thiophene rings is 1. The predicted octanol–water partition coefficient (Wildman–Crippen LogP) is 4.06. The lowest BCUT2D eigenvalue weighted by Crippen LogP contribution is -2.42. The van der Waals surface area contributed by atoms with Crippen LogP contribution < -0.4 is 5.32 Å². The van der Waals surface area contributed by atoms with Crippen molar-refractivity contribution in [3.8, 4) is 0 Å². The summed E-state index contributed by atoms with van der Waals surface area (Å²) in [7, 11) is 3.54. The Kier molecular flexibility index (Phi) is 11.0. The zero-order chi connectivity index (χ0) is 20.5. The average molecular weight is 559 g/mol. The third-order valence-corrected chi connectivity index (χ3v) is 7.09. The van der Waals surface area contributed by atoms with Gasteiger partial charge in [0.25, 0.3) is 0 Å². The van der Waals surface area contributed by atoms with Crippen molar-refractivity contribution in [3.63, 3.8) is 0 Å². The number of guanidine groups is 1. The van der Waals surface area contributed by atoms with E-state index in [1.165, 1.54) is 9.77 Å². The smallest absolute Gasteiger partial charge is 0.243 e. The minimum absolute atomic E-state index is 0. The van der Waals surface area contributed by atoms with E-state index >= 15 is 0 Å². The maximum absolute atomic E-state index is 12.0. The summed E-state index contributed by atoms with van der Waals surface area (Å²) < 4.78 is 0. The molecule has 0 saturated carbocycles. The van der Waals surface area contributed by atoms with Crippen molar-refractivity contribution in [1.82, 2.24) is 15.1 Å². The normalized spacial score (nSPS) is 16.3. The van der Waals surface area contributed by atoms with Crippen molar-refractivity contribution in [2.75, 3.05) is 46.0 Å². The molecule has 30 heavy (non-hydrogen) atoms. The number of nitrogens with zero attached hydrogens (tertiary/aromatic N) is 3. The molecule has 0 aliphatic carbocycles. The number of carbonyl (C=O) groups is 1. The minimum atomic E-state index is 0. The van der Waals surface area contributed by atoms with Gasteiger partial charge in [-0.3, -0.25) is 4.79 Å². The number of likely N-dealkylation sites (N-methyl/N-ethyl adjacent to an activating group) is 1. The summed E-state index contributed by atoms with van der Waals surface area (Å²) in [6, 6.07) is 14.8. The van der Waals surface area contributed by atoms with Crippen molar-refractivity contribution in [2.45, 2.75) is 17.7 Å². The van der Waals surface area contributed by atoms with Crippen LogP contribution in [0.15, 0.2) is 57.7 Å². The highest BCUT2D eigenvalue weighted by Gasteiger charge is 2.25.